The maximum absolute atomic E-state index is 12.1. The molecule has 1 amide bonds. The number of nitrogens with zero attached hydrogens (tertiary/aromatic N) is 4. The van der Waals surface area contributed by atoms with Crippen LogP contribution in [-0.4, -0.2) is 39.2 Å². The van der Waals surface area contributed by atoms with Crippen molar-refractivity contribution in [3.8, 4) is 0 Å². The highest BCUT2D eigenvalue weighted by molar-refractivity contribution is 6.31. The van der Waals surface area contributed by atoms with E-state index < -0.39 is 0 Å². The number of carbonyl (C=O) groups is 1. The molecule has 0 saturated heterocycles. The molecule has 0 saturated carbocycles. The number of rotatable bonds is 5. The first-order valence-corrected chi connectivity index (χ1v) is 7.39. The van der Waals surface area contributed by atoms with E-state index in [0.29, 0.717) is 11.7 Å². The van der Waals surface area contributed by atoms with Crippen molar-refractivity contribution in [2.24, 2.45) is 7.05 Å². The second kappa shape index (κ2) is 7.22. The molecular weight excluding hydrogens is 300 g/mol. The van der Waals surface area contributed by atoms with Crippen LogP contribution in [0.5, 0.6) is 0 Å². The summed E-state index contributed by atoms with van der Waals surface area (Å²) >= 11 is 6.13. The summed E-state index contributed by atoms with van der Waals surface area (Å²) in [5.41, 5.74) is 2.54. The quantitative estimate of drug-likeness (QED) is 0.796. The summed E-state index contributed by atoms with van der Waals surface area (Å²) in [5, 5.41) is 4.74. The van der Waals surface area contributed by atoms with E-state index in [0.717, 1.165) is 23.4 Å². The van der Waals surface area contributed by atoms with Gasteiger partial charge in [-0.25, -0.2) is 0 Å². The van der Waals surface area contributed by atoms with Gasteiger partial charge in [0.1, 0.15) is 5.15 Å². The van der Waals surface area contributed by atoms with Crippen LogP contribution in [0.2, 0.25) is 5.15 Å². The lowest BCUT2D eigenvalue weighted by Crippen LogP contribution is -2.27. The molecule has 2 aromatic rings. The number of amides is 1. The lowest BCUT2D eigenvalue weighted by atomic mass is 10.2. The van der Waals surface area contributed by atoms with Gasteiger partial charge in [-0.1, -0.05) is 17.7 Å². The zero-order valence-electron chi connectivity index (χ0n) is 13.0. The maximum atomic E-state index is 12.1. The Morgan fingerprint density at radius 2 is 2.23 bits per heavy atom. The molecule has 0 radical (unpaired) electrons. The van der Waals surface area contributed by atoms with E-state index in [-0.39, 0.29) is 5.91 Å². The summed E-state index contributed by atoms with van der Waals surface area (Å²) in [7, 11) is 3.54. The van der Waals surface area contributed by atoms with Crippen LogP contribution in [0, 0.1) is 6.92 Å². The molecule has 2 aromatic heterocycles. The first-order valence-electron chi connectivity index (χ1n) is 7.01. The molecule has 2 heterocycles. The molecule has 22 heavy (non-hydrogen) atoms. The summed E-state index contributed by atoms with van der Waals surface area (Å²) in [6.07, 6.45) is 5.71. The fraction of sp³-hybridized carbons (Fsp3) is 0.312. The highest BCUT2D eigenvalue weighted by atomic mass is 35.5. The lowest BCUT2D eigenvalue weighted by Gasteiger charge is -2.14. The molecule has 0 spiro atoms. The van der Waals surface area contributed by atoms with Crippen LogP contribution < -0.4 is 0 Å². The predicted octanol–water partition coefficient (Wildman–Crippen LogP) is 2.49. The Kier molecular flexibility index (Phi) is 5.33. The number of likely N-dealkylation sites (N-methyl/N-ethyl adjacent to an activating group) is 1. The second-order valence-electron chi connectivity index (χ2n) is 5.08. The minimum atomic E-state index is -0.0738. The van der Waals surface area contributed by atoms with Gasteiger partial charge in [0.05, 0.1) is 5.69 Å². The Hall–Kier alpha value is -2.14. The molecule has 0 aliphatic carbocycles. The maximum Gasteiger partial charge on any atom is 0.246 e. The largest absolute Gasteiger partial charge is 0.342 e. The van der Waals surface area contributed by atoms with E-state index >= 15 is 0 Å². The molecular formula is C16H19ClN4O. The van der Waals surface area contributed by atoms with Crippen molar-refractivity contribution in [2.75, 3.05) is 13.6 Å². The number of hydrogen-bond donors (Lipinski definition) is 0. The van der Waals surface area contributed by atoms with Gasteiger partial charge in [0, 0.05) is 50.6 Å². The fourth-order valence-electron chi connectivity index (χ4n) is 2.06. The molecule has 0 aliphatic rings. The number of carbonyl (C=O) groups excluding carboxylic acids is 1. The summed E-state index contributed by atoms with van der Waals surface area (Å²) in [5.74, 6) is -0.0738. The van der Waals surface area contributed by atoms with E-state index in [2.05, 4.69) is 10.1 Å². The van der Waals surface area contributed by atoms with Gasteiger partial charge in [0.25, 0.3) is 0 Å². The van der Waals surface area contributed by atoms with Crippen molar-refractivity contribution in [3.63, 3.8) is 0 Å². The number of pyridine rings is 1. The first-order chi connectivity index (χ1) is 10.5. The van der Waals surface area contributed by atoms with Gasteiger partial charge in [-0.05, 0) is 25.1 Å². The number of aromatic nitrogens is 3. The third-order valence-electron chi connectivity index (χ3n) is 3.39. The first kappa shape index (κ1) is 16.2. The average Bonchev–Trinajstić information content (AvgIpc) is 2.76. The number of hydrogen-bond acceptors (Lipinski definition) is 3. The van der Waals surface area contributed by atoms with Crippen LogP contribution in [-0.2, 0) is 18.3 Å². The van der Waals surface area contributed by atoms with Gasteiger partial charge < -0.3 is 4.90 Å². The van der Waals surface area contributed by atoms with Crippen LogP contribution in [0.3, 0.4) is 0 Å². The van der Waals surface area contributed by atoms with E-state index in [9.17, 15) is 4.79 Å². The third-order valence-corrected chi connectivity index (χ3v) is 3.84. The summed E-state index contributed by atoms with van der Waals surface area (Å²) < 4.78 is 1.59. The summed E-state index contributed by atoms with van der Waals surface area (Å²) in [6, 6.07) is 5.77. The Morgan fingerprint density at radius 3 is 2.82 bits per heavy atom. The van der Waals surface area contributed by atoms with Crippen molar-refractivity contribution < 1.29 is 4.79 Å². The SMILES string of the molecule is Cc1nn(C)c(Cl)c1/C=C/C(=O)N(C)CCc1ccccn1. The number of aryl methyl sites for hydroxylation is 2. The van der Waals surface area contributed by atoms with Crippen LogP contribution in [0.1, 0.15) is 17.0 Å². The third kappa shape index (κ3) is 3.95. The molecule has 5 nitrogen and oxygen atoms in total. The van der Waals surface area contributed by atoms with E-state index in [1.54, 1.807) is 35.9 Å². The smallest absolute Gasteiger partial charge is 0.246 e. The highest BCUT2D eigenvalue weighted by Crippen LogP contribution is 2.20. The Labute approximate surface area is 135 Å². The Bertz CT molecular complexity index is 679. The van der Waals surface area contributed by atoms with Crippen LogP contribution in [0.25, 0.3) is 6.08 Å². The van der Waals surface area contributed by atoms with Gasteiger partial charge in [-0.15, -0.1) is 0 Å². The monoisotopic (exact) mass is 318 g/mol. The average molecular weight is 319 g/mol. The summed E-state index contributed by atoms with van der Waals surface area (Å²) in [6.45, 7) is 2.47. The van der Waals surface area contributed by atoms with Gasteiger partial charge in [0.2, 0.25) is 5.91 Å². The molecule has 116 valence electrons. The van der Waals surface area contributed by atoms with Gasteiger partial charge in [0.15, 0.2) is 0 Å². The van der Waals surface area contributed by atoms with Crippen molar-refractivity contribution >= 4 is 23.6 Å². The van der Waals surface area contributed by atoms with Gasteiger partial charge in [-0.3, -0.25) is 14.5 Å². The van der Waals surface area contributed by atoms with Gasteiger partial charge >= 0.3 is 0 Å². The molecule has 0 fully saturated rings. The lowest BCUT2D eigenvalue weighted by molar-refractivity contribution is -0.124. The molecule has 0 N–H and O–H groups in total. The normalized spacial score (nSPS) is 11.1. The van der Waals surface area contributed by atoms with Crippen molar-refractivity contribution in [1.82, 2.24) is 19.7 Å². The second-order valence-corrected chi connectivity index (χ2v) is 5.44. The molecule has 0 unspecified atom stereocenters. The molecule has 0 aliphatic heterocycles. The van der Waals surface area contributed by atoms with Crippen LogP contribution in [0.15, 0.2) is 30.5 Å². The van der Waals surface area contributed by atoms with E-state index in [4.69, 9.17) is 11.6 Å². The zero-order chi connectivity index (χ0) is 16.1. The van der Waals surface area contributed by atoms with Gasteiger partial charge in [-0.2, -0.15) is 5.10 Å². The van der Waals surface area contributed by atoms with Crippen molar-refractivity contribution in [1.29, 1.82) is 0 Å². The zero-order valence-corrected chi connectivity index (χ0v) is 13.7. The predicted molar refractivity (Wildman–Crippen MR) is 87.6 cm³/mol. The topological polar surface area (TPSA) is 51.0 Å². The number of halogens is 1. The minimum absolute atomic E-state index is 0.0738. The molecule has 0 aromatic carbocycles. The van der Waals surface area contributed by atoms with E-state index in [1.807, 2.05) is 25.1 Å². The fourth-order valence-corrected chi connectivity index (χ4v) is 2.29. The molecule has 0 atom stereocenters. The van der Waals surface area contributed by atoms with Crippen LogP contribution >= 0.6 is 11.6 Å². The van der Waals surface area contributed by atoms with Crippen LogP contribution in [0.4, 0.5) is 0 Å². The Balaban J connectivity index is 1.95. The standard InChI is InChI=1S/C16H19ClN4O/c1-12-14(16(17)21(3)19-12)7-8-15(22)20(2)11-9-13-6-4-5-10-18-13/h4-8,10H,9,11H2,1-3H3/b8-7+. The van der Waals surface area contributed by atoms with Crippen molar-refractivity contribution in [3.05, 3.63) is 52.6 Å². The minimum Gasteiger partial charge on any atom is -0.342 e. The van der Waals surface area contributed by atoms with Crippen molar-refractivity contribution in [2.45, 2.75) is 13.3 Å². The molecule has 6 heteroatoms. The highest BCUT2D eigenvalue weighted by Gasteiger charge is 2.10. The summed E-state index contributed by atoms with van der Waals surface area (Å²) in [4.78, 5) is 18.0. The Morgan fingerprint density at radius 1 is 1.45 bits per heavy atom. The van der Waals surface area contributed by atoms with E-state index in [1.165, 1.54) is 6.08 Å². The molecule has 0 bridgehead atoms. The molecule has 2 rings (SSSR count).